The van der Waals surface area contributed by atoms with Crippen molar-refractivity contribution in [2.45, 2.75) is 32.5 Å². The fraction of sp³-hybridized carbons (Fsp3) is 0.438. The molecule has 20 heavy (non-hydrogen) atoms. The first-order valence-corrected chi connectivity index (χ1v) is 7.97. The van der Waals surface area contributed by atoms with Gasteiger partial charge < -0.3 is 5.32 Å². The van der Waals surface area contributed by atoms with Crippen molar-refractivity contribution in [2.24, 2.45) is 0 Å². The minimum absolute atomic E-state index is 0.441. The topological polar surface area (TPSA) is 28.2 Å². The predicted octanol–water partition coefficient (Wildman–Crippen LogP) is 2.99. The lowest BCUT2D eigenvalue weighted by atomic mass is 10.0. The van der Waals surface area contributed by atoms with Crippen LogP contribution in [-0.2, 0) is 6.54 Å². The molecule has 1 aliphatic heterocycles. The van der Waals surface area contributed by atoms with Crippen molar-refractivity contribution in [3.63, 3.8) is 0 Å². The second kappa shape index (κ2) is 6.04. The molecule has 106 valence electrons. The average Bonchev–Trinajstić information content (AvgIpc) is 2.85. The van der Waals surface area contributed by atoms with Crippen LogP contribution in [0.15, 0.2) is 36.5 Å². The van der Waals surface area contributed by atoms with Crippen LogP contribution in [0.3, 0.4) is 0 Å². The van der Waals surface area contributed by atoms with Gasteiger partial charge in [-0.2, -0.15) is 0 Å². The van der Waals surface area contributed by atoms with Gasteiger partial charge in [0.25, 0.3) is 0 Å². The van der Waals surface area contributed by atoms with Crippen LogP contribution in [0, 0.1) is 6.92 Å². The van der Waals surface area contributed by atoms with Crippen molar-refractivity contribution >= 4 is 11.3 Å². The van der Waals surface area contributed by atoms with Crippen molar-refractivity contribution in [3.05, 3.63) is 52.0 Å². The number of hydrogen-bond acceptors (Lipinski definition) is 4. The van der Waals surface area contributed by atoms with Crippen LogP contribution < -0.4 is 5.32 Å². The quantitative estimate of drug-likeness (QED) is 0.940. The Bertz CT molecular complexity index is 552. The molecule has 2 aromatic rings. The van der Waals surface area contributed by atoms with Crippen molar-refractivity contribution in [3.8, 4) is 0 Å². The van der Waals surface area contributed by atoms with Crippen molar-refractivity contribution < 1.29 is 0 Å². The highest BCUT2D eigenvalue weighted by Crippen LogP contribution is 2.26. The zero-order valence-corrected chi connectivity index (χ0v) is 12.9. The second-order valence-electron chi connectivity index (χ2n) is 5.53. The summed E-state index contributed by atoms with van der Waals surface area (Å²) in [5, 5.41) is 4.81. The molecule has 0 spiro atoms. The Morgan fingerprint density at radius 3 is 2.85 bits per heavy atom. The van der Waals surface area contributed by atoms with Gasteiger partial charge in [0.05, 0.1) is 6.54 Å². The van der Waals surface area contributed by atoms with Gasteiger partial charge in [-0.05, 0) is 19.4 Å². The molecule has 1 fully saturated rings. The highest BCUT2D eigenvalue weighted by Gasteiger charge is 2.27. The molecule has 0 amide bonds. The van der Waals surface area contributed by atoms with Gasteiger partial charge in [0, 0.05) is 36.2 Å². The lowest BCUT2D eigenvalue weighted by molar-refractivity contribution is 0.127. The monoisotopic (exact) mass is 287 g/mol. The Morgan fingerprint density at radius 2 is 2.15 bits per heavy atom. The molecule has 3 rings (SSSR count). The second-order valence-corrected chi connectivity index (χ2v) is 6.85. The minimum Gasteiger partial charge on any atom is -0.311 e. The zero-order valence-electron chi connectivity index (χ0n) is 12.0. The number of piperazine rings is 1. The van der Waals surface area contributed by atoms with E-state index in [1.165, 1.54) is 15.4 Å². The molecule has 1 aromatic heterocycles. The van der Waals surface area contributed by atoms with Gasteiger partial charge in [-0.15, -0.1) is 11.3 Å². The molecule has 3 nitrogen and oxygen atoms in total. The van der Waals surface area contributed by atoms with Crippen LogP contribution in [-0.4, -0.2) is 29.0 Å². The highest BCUT2D eigenvalue weighted by molar-refractivity contribution is 7.11. The van der Waals surface area contributed by atoms with E-state index >= 15 is 0 Å². The molecular formula is C16H21N3S. The SMILES string of the molecule is Cc1cnc(CN2CC(C)NCC2c2ccccc2)s1. The molecule has 1 aliphatic rings. The first kappa shape index (κ1) is 13.7. The van der Waals surface area contributed by atoms with E-state index in [9.17, 15) is 0 Å². The maximum absolute atomic E-state index is 4.52. The van der Waals surface area contributed by atoms with Crippen LogP contribution in [0.2, 0.25) is 0 Å². The van der Waals surface area contributed by atoms with Crippen LogP contribution in [0.25, 0.3) is 0 Å². The molecule has 1 aromatic carbocycles. The normalized spacial score (nSPS) is 23.9. The highest BCUT2D eigenvalue weighted by atomic mass is 32.1. The Hall–Kier alpha value is -1.23. The maximum atomic E-state index is 4.52. The third kappa shape index (κ3) is 3.08. The summed E-state index contributed by atoms with van der Waals surface area (Å²) in [6.45, 7) is 7.40. The van der Waals surface area contributed by atoms with Gasteiger partial charge in [0.15, 0.2) is 0 Å². The summed E-state index contributed by atoms with van der Waals surface area (Å²) in [7, 11) is 0. The molecule has 1 saturated heterocycles. The lowest BCUT2D eigenvalue weighted by Gasteiger charge is -2.39. The Morgan fingerprint density at radius 1 is 1.35 bits per heavy atom. The molecular weight excluding hydrogens is 266 g/mol. The molecule has 4 heteroatoms. The number of rotatable bonds is 3. The van der Waals surface area contributed by atoms with E-state index in [2.05, 4.69) is 59.4 Å². The van der Waals surface area contributed by atoms with E-state index < -0.39 is 0 Å². The molecule has 2 atom stereocenters. The summed E-state index contributed by atoms with van der Waals surface area (Å²) in [4.78, 5) is 8.36. The Kier molecular flexibility index (Phi) is 4.15. The number of aromatic nitrogens is 1. The number of benzene rings is 1. The zero-order chi connectivity index (χ0) is 13.9. The van der Waals surface area contributed by atoms with Crippen LogP contribution in [0.4, 0.5) is 0 Å². The summed E-state index contributed by atoms with van der Waals surface area (Å²) in [5.74, 6) is 0. The van der Waals surface area contributed by atoms with Crippen molar-refractivity contribution in [2.75, 3.05) is 13.1 Å². The molecule has 2 unspecified atom stereocenters. The van der Waals surface area contributed by atoms with Crippen LogP contribution >= 0.6 is 11.3 Å². The van der Waals surface area contributed by atoms with E-state index in [1.54, 1.807) is 11.3 Å². The van der Waals surface area contributed by atoms with Gasteiger partial charge in [0.1, 0.15) is 5.01 Å². The fourth-order valence-electron chi connectivity index (χ4n) is 2.81. The number of hydrogen-bond donors (Lipinski definition) is 1. The van der Waals surface area contributed by atoms with E-state index in [0.29, 0.717) is 12.1 Å². The first-order chi connectivity index (χ1) is 9.72. The van der Waals surface area contributed by atoms with E-state index in [0.717, 1.165) is 19.6 Å². The summed E-state index contributed by atoms with van der Waals surface area (Å²) >= 11 is 1.81. The number of nitrogens with one attached hydrogen (secondary N) is 1. The summed E-state index contributed by atoms with van der Waals surface area (Å²) < 4.78 is 0. The largest absolute Gasteiger partial charge is 0.311 e. The van der Waals surface area contributed by atoms with Gasteiger partial charge in [-0.3, -0.25) is 4.90 Å². The summed E-state index contributed by atoms with van der Waals surface area (Å²) in [6, 6.07) is 11.8. The maximum Gasteiger partial charge on any atom is 0.107 e. The summed E-state index contributed by atoms with van der Waals surface area (Å²) in [6.07, 6.45) is 1.98. The Balaban J connectivity index is 1.80. The van der Waals surface area contributed by atoms with Crippen LogP contribution in [0.1, 0.15) is 28.4 Å². The lowest BCUT2D eigenvalue weighted by Crippen LogP contribution is -2.50. The van der Waals surface area contributed by atoms with Gasteiger partial charge in [-0.25, -0.2) is 4.98 Å². The third-order valence-corrected chi connectivity index (χ3v) is 4.70. The number of thiazole rings is 1. The minimum atomic E-state index is 0.441. The average molecular weight is 287 g/mol. The molecule has 0 aliphatic carbocycles. The third-order valence-electron chi connectivity index (χ3n) is 3.80. The van der Waals surface area contributed by atoms with Gasteiger partial charge >= 0.3 is 0 Å². The smallest absolute Gasteiger partial charge is 0.107 e. The van der Waals surface area contributed by atoms with Crippen molar-refractivity contribution in [1.29, 1.82) is 0 Å². The molecule has 2 heterocycles. The van der Waals surface area contributed by atoms with Gasteiger partial charge in [-0.1, -0.05) is 30.3 Å². The van der Waals surface area contributed by atoms with Crippen molar-refractivity contribution in [1.82, 2.24) is 15.2 Å². The molecule has 0 saturated carbocycles. The number of nitrogens with zero attached hydrogens (tertiary/aromatic N) is 2. The van der Waals surface area contributed by atoms with E-state index in [1.807, 2.05) is 6.20 Å². The predicted molar refractivity (Wildman–Crippen MR) is 83.9 cm³/mol. The van der Waals surface area contributed by atoms with Gasteiger partial charge in [0.2, 0.25) is 0 Å². The Labute approximate surface area is 124 Å². The molecule has 0 radical (unpaired) electrons. The van der Waals surface area contributed by atoms with E-state index in [4.69, 9.17) is 0 Å². The van der Waals surface area contributed by atoms with E-state index in [-0.39, 0.29) is 0 Å². The fourth-order valence-corrected chi connectivity index (χ4v) is 3.63. The molecule has 0 bridgehead atoms. The number of aryl methyl sites for hydroxylation is 1. The summed E-state index contributed by atoms with van der Waals surface area (Å²) in [5.41, 5.74) is 1.39. The van der Waals surface area contributed by atoms with Crippen LogP contribution in [0.5, 0.6) is 0 Å². The standard InChI is InChI=1S/C16H21N3S/c1-12-10-19(11-16-18-8-13(2)20-16)15(9-17-12)14-6-4-3-5-7-14/h3-8,12,15,17H,9-11H2,1-2H3. The first-order valence-electron chi connectivity index (χ1n) is 7.16. The molecule has 1 N–H and O–H groups in total.